The molecule has 0 radical (unpaired) electrons. The molecule has 1 saturated carbocycles. The lowest BCUT2D eigenvalue weighted by atomic mass is 9.76. The molecule has 0 spiro atoms. The fraction of sp³-hybridized carbons (Fsp3) is 0.500. The highest BCUT2D eigenvalue weighted by atomic mass is 19.1. The summed E-state index contributed by atoms with van der Waals surface area (Å²) in [5.74, 6) is 0.269. The first-order valence-corrected chi connectivity index (χ1v) is 4.57. The third kappa shape index (κ3) is 1.70. The third-order valence-corrected chi connectivity index (χ3v) is 2.74. The van der Waals surface area contributed by atoms with Gasteiger partial charge in [-0.1, -0.05) is 0 Å². The summed E-state index contributed by atoms with van der Waals surface area (Å²) in [7, 11) is 1.96. The Labute approximate surface area is 77.2 Å². The molecular weight excluding hydrogens is 167 g/mol. The average molecular weight is 180 g/mol. The van der Waals surface area contributed by atoms with E-state index in [9.17, 15) is 4.39 Å². The number of halogens is 1. The van der Waals surface area contributed by atoms with Crippen LogP contribution in [0.4, 0.5) is 4.39 Å². The van der Waals surface area contributed by atoms with Crippen LogP contribution < -0.4 is 5.32 Å². The van der Waals surface area contributed by atoms with Gasteiger partial charge in [0.05, 0.1) is 6.20 Å². The fourth-order valence-corrected chi connectivity index (χ4v) is 1.78. The Bertz CT molecular complexity index is 295. The molecule has 1 aliphatic rings. The molecule has 1 heterocycles. The van der Waals surface area contributed by atoms with E-state index >= 15 is 0 Å². The van der Waals surface area contributed by atoms with Crippen LogP contribution >= 0.6 is 0 Å². The summed E-state index contributed by atoms with van der Waals surface area (Å²) in [6.07, 6.45) is 5.21. The van der Waals surface area contributed by atoms with Gasteiger partial charge in [0.2, 0.25) is 0 Å². The highest BCUT2D eigenvalue weighted by molar-refractivity contribution is 5.19. The Hall–Kier alpha value is -0.960. The highest BCUT2D eigenvalue weighted by Gasteiger charge is 2.29. The molecule has 1 N–H and O–H groups in total. The number of aromatic nitrogens is 1. The van der Waals surface area contributed by atoms with Crippen molar-refractivity contribution in [2.24, 2.45) is 0 Å². The van der Waals surface area contributed by atoms with Crippen LogP contribution in [0, 0.1) is 5.82 Å². The molecule has 0 unspecified atom stereocenters. The lowest BCUT2D eigenvalue weighted by Gasteiger charge is -2.35. The van der Waals surface area contributed by atoms with Crippen molar-refractivity contribution in [1.29, 1.82) is 0 Å². The van der Waals surface area contributed by atoms with Crippen LogP contribution in [0.5, 0.6) is 0 Å². The Balaban J connectivity index is 2.03. The quantitative estimate of drug-likeness (QED) is 0.749. The molecule has 0 aliphatic heterocycles. The topological polar surface area (TPSA) is 24.9 Å². The van der Waals surface area contributed by atoms with Gasteiger partial charge in [-0.2, -0.15) is 0 Å². The largest absolute Gasteiger partial charge is 0.317 e. The first-order chi connectivity index (χ1) is 6.29. The minimum absolute atomic E-state index is 0.231. The number of rotatable bonds is 2. The Kier molecular flexibility index (Phi) is 2.27. The van der Waals surface area contributed by atoms with Gasteiger partial charge in [-0.3, -0.25) is 4.98 Å². The van der Waals surface area contributed by atoms with Gasteiger partial charge in [-0.05, 0) is 37.4 Å². The third-order valence-electron chi connectivity index (χ3n) is 2.74. The van der Waals surface area contributed by atoms with Crippen LogP contribution in [-0.4, -0.2) is 18.1 Å². The number of nitrogens with zero attached hydrogens (tertiary/aromatic N) is 1. The molecule has 13 heavy (non-hydrogen) atoms. The van der Waals surface area contributed by atoms with Crippen LogP contribution in [0.1, 0.15) is 24.3 Å². The van der Waals surface area contributed by atoms with E-state index in [0.717, 1.165) is 18.4 Å². The summed E-state index contributed by atoms with van der Waals surface area (Å²) in [6, 6.07) is 2.19. The monoisotopic (exact) mass is 180 g/mol. The van der Waals surface area contributed by atoms with Crippen molar-refractivity contribution in [3.05, 3.63) is 29.8 Å². The molecule has 1 fully saturated rings. The summed E-state index contributed by atoms with van der Waals surface area (Å²) in [4.78, 5) is 3.84. The summed E-state index contributed by atoms with van der Waals surface area (Å²) in [5.41, 5.74) is 1.03. The second kappa shape index (κ2) is 3.42. The van der Waals surface area contributed by atoms with Gasteiger partial charge in [0, 0.05) is 12.2 Å². The molecule has 0 saturated heterocycles. The van der Waals surface area contributed by atoms with E-state index in [-0.39, 0.29) is 5.82 Å². The predicted octanol–water partition coefficient (Wildman–Crippen LogP) is 1.69. The van der Waals surface area contributed by atoms with E-state index in [1.165, 1.54) is 6.20 Å². The zero-order chi connectivity index (χ0) is 9.26. The van der Waals surface area contributed by atoms with E-state index in [1.54, 1.807) is 12.3 Å². The van der Waals surface area contributed by atoms with Crippen LogP contribution in [0.15, 0.2) is 18.5 Å². The first-order valence-electron chi connectivity index (χ1n) is 4.57. The summed E-state index contributed by atoms with van der Waals surface area (Å²) in [5, 5.41) is 3.20. The van der Waals surface area contributed by atoms with Crippen molar-refractivity contribution in [3.63, 3.8) is 0 Å². The van der Waals surface area contributed by atoms with Crippen LogP contribution in [0.2, 0.25) is 0 Å². The van der Waals surface area contributed by atoms with Crippen molar-refractivity contribution in [3.8, 4) is 0 Å². The maximum absolute atomic E-state index is 12.8. The summed E-state index contributed by atoms with van der Waals surface area (Å²) in [6.45, 7) is 0. The minimum Gasteiger partial charge on any atom is -0.317 e. The standard InChI is InChI=1S/C10H13FN2/c1-12-10-3-7(4-10)8-2-9(11)6-13-5-8/h2,5-7,10,12H,3-4H2,1H3. The second-order valence-corrected chi connectivity index (χ2v) is 3.59. The second-order valence-electron chi connectivity index (χ2n) is 3.59. The van der Waals surface area contributed by atoms with E-state index < -0.39 is 0 Å². The van der Waals surface area contributed by atoms with Crippen LogP contribution in [0.3, 0.4) is 0 Å². The molecular formula is C10H13FN2. The van der Waals surface area contributed by atoms with Crippen molar-refractivity contribution in [2.45, 2.75) is 24.8 Å². The van der Waals surface area contributed by atoms with Gasteiger partial charge in [-0.15, -0.1) is 0 Å². The van der Waals surface area contributed by atoms with Gasteiger partial charge in [-0.25, -0.2) is 4.39 Å². The minimum atomic E-state index is -0.231. The average Bonchev–Trinajstić information content (AvgIpc) is 2.02. The smallest absolute Gasteiger partial charge is 0.141 e. The zero-order valence-corrected chi connectivity index (χ0v) is 7.63. The van der Waals surface area contributed by atoms with Gasteiger partial charge >= 0.3 is 0 Å². The molecule has 1 aromatic heterocycles. The number of nitrogens with one attached hydrogen (secondary N) is 1. The maximum atomic E-state index is 12.8. The van der Waals surface area contributed by atoms with Crippen molar-refractivity contribution in [2.75, 3.05) is 7.05 Å². The molecule has 70 valence electrons. The number of hydrogen-bond donors (Lipinski definition) is 1. The summed E-state index contributed by atoms with van der Waals surface area (Å²) < 4.78 is 12.8. The van der Waals surface area contributed by atoms with Crippen molar-refractivity contribution in [1.82, 2.24) is 10.3 Å². The number of pyridine rings is 1. The zero-order valence-electron chi connectivity index (χ0n) is 7.63. The number of hydrogen-bond acceptors (Lipinski definition) is 2. The molecule has 1 aliphatic carbocycles. The van der Waals surface area contributed by atoms with Crippen molar-refractivity contribution < 1.29 is 4.39 Å². The lowest BCUT2D eigenvalue weighted by molar-refractivity contribution is 0.306. The molecule has 0 amide bonds. The Morgan fingerprint density at radius 3 is 2.85 bits per heavy atom. The molecule has 0 aromatic carbocycles. The normalized spacial score (nSPS) is 26.9. The van der Waals surface area contributed by atoms with Crippen LogP contribution in [-0.2, 0) is 0 Å². The van der Waals surface area contributed by atoms with E-state index in [4.69, 9.17) is 0 Å². The fourth-order valence-electron chi connectivity index (χ4n) is 1.78. The van der Waals surface area contributed by atoms with E-state index in [1.807, 2.05) is 7.05 Å². The first kappa shape index (κ1) is 8.63. The summed E-state index contributed by atoms with van der Waals surface area (Å²) >= 11 is 0. The van der Waals surface area contributed by atoms with E-state index in [2.05, 4.69) is 10.3 Å². The molecule has 0 bridgehead atoms. The van der Waals surface area contributed by atoms with Gasteiger partial charge in [0.1, 0.15) is 5.82 Å². The Morgan fingerprint density at radius 1 is 1.46 bits per heavy atom. The lowest BCUT2D eigenvalue weighted by Crippen LogP contribution is -2.37. The SMILES string of the molecule is CNC1CC(c2cncc(F)c2)C1. The molecule has 2 rings (SSSR count). The molecule has 2 nitrogen and oxygen atoms in total. The van der Waals surface area contributed by atoms with Gasteiger partial charge in [0.15, 0.2) is 0 Å². The van der Waals surface area contributed by atoms with Crippen molar-refractivity contribution >= 4 is 0 Å². The van der Waals surface area contributed by atoms with Crippen LogP contribution in [0.25, 0.3) is 0 Å². The molecule has 3 heteroatoms. The highest BCUT2D eigenvalue weighted by Crippen LogP contribution is 2.36. The Morgan fingerprint density at radius 2 is 2.23 bits per heavy atom. The van der Waals surface area contributed by atoms with E-state index in [0.29, 0.717) is 12.0 Å². The predicted molar refractivity (Wildman–Crippen MR) is 49.0 cm³/mol. The van der Waals surface area contributed by atoms with Gasteiger partial charge < -0.3 is 5.32 Å². The van der Waals surface area contributed by atoms with Gasteiger partial charge in [0.25, 0.3) is 0 Å². The molecule has 0 atom stereocenters. The maximum Gasteiger partial charge on any atom is 0.141 e. The molecule has 1 aromatic rings.